The second-order valence-electron chi connectivity index (χ2n) is 7.43. The molecule has 1 atom stereocenters. The van der Waals surface area contributed by atoms with Gasteiger partial charge in [0.1, 0.15) is 17.2 Å². The molecule has 0 saturated heterocycles. The molecule has 152 valence electrons. The highest BCUT2D eigenvalue weighted by Gasteiger charge is 2.16. The molecule has 0 aromatic heterocycles. The molecule has 0 spiro atoms. The van der Waals surface area contributed by atoms with Crippen LogP contribution >= 0.6 is 0 Å². The minimum Gasteiger partial charge on any atom is -0.494 e. The summed E-state index contributed by atoms with van der Waals surface area (Å²) in [4.78, 5) is 0. The minimum atomic E-state index is 0.342. The first-order valence-electron chi connectivity index (χ1n) is 10.3. The standard InChI is InChI=1S/C26H30O3/c1-4-28-23-15-13-22(14-16-23)26(20(2)3)19-27-18-21-9-8-12-25(17-21)29-24-10-6-5-7-11-24/h5-17,20,26H,4,18-19H2,1-3H3. The van der Waals surface area contributed by atoms with E-state index >= 15 is 0 Å². The number of hydrogen-bond acceptors (Lipinski definition) is 3. The van der Waals surface area contributed by atoms with Gasteiger partial charge in [0, 0.05) is 5.92 Å². The lowest BCUT2D eigenvalue weighted by atomic mass is 9.89. The van der Waals surface area contributed by atoms with E-state index in [9.17, 15) is 0 Å². The molecule has 0 bridgehead atoms. The van der Waals surface area contributed by atoms with Gasteiger partial charge >= 0.3 is 0 Å². The van der Waals surface area contributed by atoms with Crippen molar-refractivity contribution in [1.29, 1.82) is 0 Å². The average Bonchev–Trinajstić information content (AvgIpc) is 2.73. The summed E-state index contributed by atoms with van der Waals surface area (Å²) < 4.78 is 17.6. The third-order valence-electron chi connectivity index (χ3n) is 4.87. The first-order valence-corrected chi connectivity index (χ1v) is 10.3. The van der Waals surface area contributed by atoms with Gasteiger partial charge in [0.15, 0.2) is 0 Å². The molecule has 3 nitrogen and oxygen atoms in total. The van der Waals surface area contributed by atoms with Crippen LogP contribution in [0.3, 0.4) is 0 Å². The molecule has 0 fully saturated rings. The number of ether oxygens (including phenoxy) is 3. The van der Waals surface area contributed by atoms with Crippen molar-refractivity contribution in [2.75, 3.05) is 13.2 Å². The van der Waals surface area contributed by atoms with Crippen LogP contribution in [0.1, 0.15) is 37.8 Å². The lowest BCUT2D eigenvalue weighted by Crippen LogP contribution is -2.14. The van der Waals surface area contributed by atoms with E-state index in [4.69, 9.17) is 14.2 Å². The topological polar surface area (TPSA) is 27.7 Å². The zero-order valence-corrected chi connectivity index (χ0v) is 17.5. The van der Waals surface area contributed by atoms with Crippen molar-refractivity contribution < 1.29 is 14.2 Å². The Hall–Kier alpha value is -2.78. The zero-order chi connectivity index (χ0) is 20.5. The third-order valence-corrected chi connectivity index (χ3v) is 4.87. The fraction of sp³-hybridized carbons (Fsp3) is 0.308. The predicted molar refractivity (Wildman–Crippen MR) is 118 cm³/mol. The van der Waals surface area contributed by atoms with E-state index in [1.165, 1.54) is 5.56 Å². The molecule has 3 aromatic rings. The summed E-state index contributed by atoms with van der Waals surface area (Å²) in [6, 6.07) is 26.3. The molecule has 0 aliphatic rings. The average molecular weight is 391 g/mol. The maximum absolute atomic E-state index is 6.09. The molecule has 3 aromatic carbocycles. The van der Waals surface area contributed by atoms with Gasteiger partial charge in [-0.3, -0.25) is 0 Å². The Morgan fingerprint density at radius 2 is 1.48 bits per heavy atom. The van der Waals surface area contributed by atoms with Gasteiger partial charge in [-0.2, -0.15) is 0 Å². The molecular weight excluding hydrogens is 360 g/mol. The van der Waals surface area contributed by atoms with Gasteiger partial charge in [0.05, 0.1) is 19.8 Å². The first kappa shape index (κ1) is 20.9. The summed E-state index contributed by atoms with van der Waals surface area (Å²) in [6.07, 6.45) is 0. The first-order chi connectivity index (χ1) is 14.2. The molecular formula is C26H30O3. The summed E-state index contributed by atoms with van der Waals surface area (Å²) in [5, 5.41) is 0. The van der Waals surface area contributed by atoms with Crippen LogP contribution in [0.2, 0.25) is 0 Å². The maximum atomic E-state index is 6.09. The highest BCUT2D eigenvalue weighted by atomic mass is 16.5. The zero-order valence-electron chi connectivity index (χ0n) is 17.5. The van der Waals surface area contributed by atoms with E-state index in [1.807, 2.05) is 67.6 Å². The number of rotatable bonds is 10. The van der Waals surface area contributed by atoms with Crippen LogP contribution in [0.5, 0.6) is 17.2 Å². The van der Waals surface area contributed by atoms with E-state index in [2.05, 4.69) is 32.0 Å². The highest BCUT2D eigenvalue weighted by molar-refractivity contribution is 5.34. The van der Waals surface area contributed by atoms with Crippen LogP contribution in [0.25, 0.3) is 0 Å². The largest absolute Gasteiger partial charge is 0.494 e. The molecule has 0 aliphatic heterocycles. The van der Waals surface area contributed by atoms with Crippen molar-refractivity contribution >= 4 is 0 Å². The molecule has 0 N–H and O–H groups in total. The number of benzene rings is 3. The highest BCUT2D eigenvalue weighted by Crippen LogP contribution is 2.27. The second-order valence-corrected chi connectivity index (χ2v) is 7.43. The van der Waals surface area contributed by atoms with E-state index < -0.39 is 0 Å². The summed E-state index contributed by atoms with van der Waals surface area (Å²) in [5.74, 6) is 3.40. The van der Waals surface area contributed by atoms with Crippen molar-refractivity contribution in [2.24, 2.45) is 5.92 Å². The Morgan fingerprint density at radius 3 is 2.17 bits per heavy atom. The molecule has 3 rings (SSSR count). The molecule has 0 aliphatic carbocycles. The normalized spacial score (nSPS) is 12.0. The van der Waals surface area contributed by atoms with Gasteiger partial charge in [-0.1, -0.05) is 56.3 Å². The fourth-order valence-electron chi connectivity index (χ4n) is 3.28. The van der Waals surface area contributed by atoms with Crippen LogP contribution in [0, 0.1) is 5.92 Å². The maximum Gasteiger partial charge on any atom is 0.127 e. The Bertz CT molecular complexity index is 857. The van der Waals surface area contributed by atoms with Gasteiger partial charge in [-0.05, 0) is 60.4 Å². The molecule has 1 unspecified atom stereocenters. The molecule has 0 radical (unpaired) electrons. The predicted octanol–water partition coefficient (Wildman–Crippen LogP) is 6.83. The van der Waals surface area contributed by atoms with Gasteiger partial charge in [-0.25, -0.2) is 0 Å². The SMILES string of the molecule is CCOc1ccc(C(COCc2cccc(Oc3ccccc3)c2)C(C)C)cc1. The lowest BCUT2D eigenvalue weighted by Gasteiger charge is -2.22. The monoisotopic (exact) mass is 390 g/mol. The Morgan fingerprint density at radius 1 is 0.759 bits per heavy atom. The number of hydrogen-bond donors (Lipinski definition) is 0. The Balaban J connectivity index is 1.57. The third kappa shape index (κ3) is 6.37. The van der Waals surface area contributed by atoms with E-state index in [1.54, 1.807) is 0 Å². The van der Waals surface area contributed by atoms with E-state index in [0.29, 0.717) is 31.7 Å². The molecule has 0 saturated carbocycles. The van der Waals surface area contributed by atoms with Crippen molar-refractivity contribution in [2.45, 2.75) is 33.3 Å². The van der Waals surface area contributed by atoms with Crippen molar-refractivity contribution in [3.05, 3.63) is 90.0 Å². The molecule has 0 heterocycles. The summed E-state index contributed by atoms with van der Waals surface area (Å²) >= 11 is 0. The smallest absolute Gasteiger partial charge is 0.127 e. The van der Waals surface area contributed by atoms with Crippen molar-refractivity contribution in [3.8, 4) is 17.2 Å². The Labute approximate surface area is 174 Å². The molecule has 29 heavy (non-hydrogen) atoms. The molecule has 0 amide bonds. The van der Waals surface area contributed by atoms with Gasteiger partial charge in [0.2, 0.25) is 0 Å². The summed E-state index contributed by atoms with van der Waals surface area (Å²) in [5.41, 5.74) is 2.39. The quantitative estimate of drug-likeness (QED) is 0.379. The van der Waals surface area contributed by atoms with Crippen molar-refractivity contribution in [1.82, 2.24) is 0 Å². The van der Waals surface area contributed by atoms with Crippen LogP contribution < -0.4 is 9.47 Å². The number of para-hydroxylation sites is 1. The van der Waals surface area contributed by atoms with Crippen LogP contribution in [-0.4, -0.2) is 13.2 Å². The van der Waals surface area contributed by atoms with Crippen LogP contribution in [0.4, 0.5) is 0 Å². The van der Waals surface area contributed by atoms with E-state index in [0.717, 1.165) is 22.8 Å². The summed E-state index contributed by atoms with van der Waals surface area (Å²) in [7, 11) is 0. The van der Waals surface area contributed by atoms with E-state index in [-0.39, 0.29) is 0 Å². The second kappa shape index (κ2) is 10.7. The Kier molecular flexibility index (Phi) is 7.71. The van der Waals surface area contributed by atoms with Gasteiger partial charge < -0.3 is 14.2 Å². The molecule has 3 heteroatoms. The lowest BCUT2D eigenvalue weighted by molar-refractivity contribution is 0.0957. The minimum absolute atomic E-state index is 0.342. The van der Waals surface area contributed by atoms with Gasteiger partial charge in [-0.15, -0.1) is 0 Å². The van der Waals surface area contributed by atoms with Crippen LogP contribution in [-0.2, 0) is 11.3 Å². The van der Waals surface area contributed by atoms with Crippen LogP contribution in [0.15, 0.2) is 78.9 Å². The van der Waals surface area contributed by atoms with Crippen molar-refractivity contribution in [3.63, 3.8) is 0 Å². The summed E-state index contributed by atoms with van der Waals surface area (Å²) in [6.45, 7) is 8.39. The van der Waals surface area contributed by atoms with Gasteiger partial charge in [0.25, 0.3) is 0 Å². The fourth-order valence-corrected chi connectivity index (χ4v) is 3.28.